The molecule has 0 atom stereocenters. The molecule has 2 aromatic carbocycles. The van der Waals surface area contributed by atoms with E-state index in [0.717, 1.165) is 16.6 Å². The summed E-state index contributed by atoms with van der Waals surface area (Å²) in [5.74, 6) is -0.848. The number of carbonyl (C=O) groups is 1. The van der Waals surface area contributed by atoms with Crippen LogP contribution in [0.4, 0.5) is 24.5 Å². The van der Waals surface area contributed by atoms with Gasteiger partial charge in [-0.15, -0.1) is 0 Å². The van der Waals surface area contributed by atoms with Crippen LogP contribution in [0.1, 0.15) is 15.9 Å². The van der Waals surface area contributed by atoms with Gasteiger partial charge in [0.15, 0.2) is 0 Å². The van der Waals surface area contributed by atoms with Crippen LogP contribution < -0.4 is 14.4 Å². The van der Waals surface area contributed by atoms with Crippen LogP contribution in [0.3, 0.4) is 0 Å². The summed E-state index contributed by atoms with van der Waals surface area (Å²) in [5.41, 5.74) is -1.61. The van der Waals surface area contributed by atoms with Crippen LogP contribution in [0.2, 0.25) is 5.02 Å². The number of methoxy groups -OCH3 is 1. The fraction of sp³-hybridized carbons (Fsp3) is 0.235. The SMILES string of the molecule is COc1ccc(N(C)S(C)(=O)=O)cc1C(=O)Nc1ccc(Cl)cc1C(F)(F)F. The number of sulfonamides is 1. The van der Waals surface area contributed by atoms with Gasteiger partial charge in [0.2, 0.25) is 10.0 Å². The van der Waals surface area contributed by atoms with E-state index in [2.05, 4.69) is 5.32 Å². The summed E-state index contributed by atoms with van der Waals surface area (Å²) in [4.78, 5) is 12.6. The number of nitrogens with one attached hydrogen (secondary N) is 1. The van der Waals surface area contributed by atoms with Crippen LogP contribution in [-0.4, -0.2) is 34.7 Å². The molecule has 152 valence electrons. The van der Waals surface area contributed by atoms with Crippen molar-refractivity contribution in [1.29, 1.82) is 0 Å². The van der Waals surface area contributed by atoms with E-state index in [0.29, 0.717) is 6.07 Å². The van der Waals surface area contributed by atoms with Crippen molar-refractivity contribution in [2.75, 3.05) is 30.0 Å². The summed E-state index contributed by atoms with van der Waals surface area (Å²) in [6, 6.07) is 6.89. The number of benzene rings is 2. The Labute approximate surface area is 164 Å². The topological polar surface area (TPSA) is 75.7 Å². The van der Waals surface area contributed by atoms with Crippen molar-refractivity contribution in [3.05, 3.63) is 52.5 Å². The van der Waals surface area contributed by atoms with Crippen LogP contribution in [0, 0.1) is 0 Å². The molecule has 0 unspecified atom stereocenters. The zero-order valence-corrected chi connectivity index (χ0v) is 16.5. The number of anilines is 2. The first-order valence-corrected chi connectivity index (χ1v) is 9.87. The molecule has 0 spiro atoms. The van der Waals surface area contributed by atoms with Gasteiger partial charge in [0.1, 0.15) is 5.75 Å². The van der Waals surface area contributed by atoms with Gasteiger partial charge in [0.05, 0.1) is 35.9 Å². The van der Waals surface area contributed by atoms with Crippen LogP contribution in [0.15, 0.2) is 36.4 Å². The van der Waals surface area contributed by atoms with Gasteiger partial charge in [0.25, 0.3) is 5.91 Å². The first-order chi connectivity index (χ1) is 12.8. The molecular weight excluding hydrogens is 421 g/mol. The number of carbonyl (C=O) groups excluding carboxylic acids is 1. The zero-order valence-electron chi connectivity index (χ0n) is 15.0. The van der Waals surface area contributed by atoms with Crippen LogP contribution >= 0.6 is 11.6 Å². The summed E-state index contributed by atoms with van der Waals surface area (Å²) in [7, 11) is -1.06. The first-order valence-electron chi connectivity index (χ1n) is 7.64. The van der Waals surface area contributed by atoms with Crippen molar-refractivity contribution in [3.8, 4) is 5.75 Å². The minimum Gasteiger partial charge on any atom is -0.496 e. The number of nitrogens with zero attached hydrogens (tertiary/aromatic N) is 1. The summed E-state index contributed by atoms with van der Waals surface area (Å²) in [6.45, 7) is 0. The zero-order chi connectivity index (χ0) is 21.3. The van der Waals surface area contributed by atoms with Gasteiger partial charge in [-0.05, 0) is 36.4 Å². The molecule has 0 bridgehead atoms. The smallest absolute Gasteiger partial charge is 0.418 e. The second-order valence-electron chi connectivity index (χ2n) is 5.76. The minimum absolute atomic E-state index is 0.0608. The molecule has 6 nitrogen and oxygen atoms in total. The summed E-state index contributed by atoms with van der Waals surface area (Å²) in [6.07, 6.45) is -3.77. The standard InChI is InChI=1S/C17H16ClF3N2O4S/c1-23(28(3,25)26)11-5-7-15(27-2)12(9-11)16(24)22-14-6-4-10(18)8-13(14)17(19,20)21/h4-9H,1-3H3,(H,22,24). The molecule has 0 aliphatic heterocycles. The van der Waals surface area contributed by atoms with Crippen molar-refractivity contribution in [1.82, 2.24) is 0 Å². The molecule has 11 heteroatoms. The van der Waals surface area contributed by atoms with E-state index in [1.807, 2.05) is 0 Å². The van der Waals surface area contributed by atoms with E-state index >= 15 is 0 Å². The van der Waals surface area contributed by atoms with Crippen molar-refractivity contribution >= 4 is 38.9 Å². The highest BCUT2D eigenvalue weighted by molar-refractivity contribution is 7.92. The average molecular weight is 437 g/mol. The lowest BCUT2D eigenvalue weighted by molar-refractivity contribution is -0.136. The number of rotatable bonds is 5. The Balaban J connectivity index is 2.48. The van der Waals surface area contributed by atoms with E-state index in [4.69, 9.17) is 16.3 Å². The number of ether oxygens (including phenoxy) is 1. The first kappa shape index (κ1) is 21.8. The highest BCUT2D eigenvalue weighted by Crippen LogP contribution is 2.37. The van der Waals surface area contributed by atoms with Crippen molar-refractivity contribution in [3.63, 3.8) is 0 Å². The van der Waals surface area contributed by atoms with Crippen LogP contribution in [0.25, 0.3) is 0 Å². The maximum Gasteiger partial charge on any atom is 0.418 e. The molecule has 1 N–H and O–H groups in total. The predicted molar refractivity (Wildman–Crippen MR) is 101 cm³/mol. The maximum absolute atomic E-state index is 13.2. The number of halogens is 4. The molecule has 2 rings (SSSR count). The Kier molecular flexibility index (Phi) is 6.15. The van der Waals surface area contributed by atoms with Gasteiger partial charge in [-0.3, -0.25) is 9.10 Å². The Hall–Kier alpha value is -2.46. The third kappa shape index (κ3) is 4.87. The minimum atomic E-state index is -4.74. The average Bonchev–Trinajstić information content (AvgIpc) is 2.60. The molecule has 0 aliphatic rings. The highest BCUT2D eigenvalue weighted by Gasteiger charge is 2.34. The number of alkyl halides is 3. The van der Waals surface area contributed by atoms with Crippen LogP contribution in [-0.2, 0) is 16.2 Å². The predicted octanol–water partition coefficient (Wildman–Crippen LogP) is 4.02. The van der Waals surface area contributed by atoms with E-state index in [1.165, 1.54) is 38.4 Å². The van der Waals surface area contributed by atoms with E-state index in [-0.39, 0.29) is 22.0 Å². The van der Waals surface area contributed by atoms with Crippen LogP contribution in [0.5, 0.6) is 5.75 Å². The van der Waals surface area contributed by atoms with Gasteiger partial charge in [-0.1, -0.05) is 11.6 Å². The molecule has 0 radical (unpaired) electrons. The normalized spacial score (nSPS) is 11.8. The summed E-state index contributed by atoms with van der Waals surface area (Å²) < 4.78 is 69.1. The fourth-order valence-corrected chi connectivity index (χ4v) is 2.98. The number of hydrogen-bond acceptors (Lipinski definition) is 4. The van der Waals surface area contributed by atoms with E-state index < -0.39 is 33.4 Å². The molecule has 0 saturated heterocycles. The Bertz CT molecular complexity index is 1010. The lowest BCUT2D eigenvalue weighted by Gasteiger charge is -2.19. The molecule has 0 fully saturated rings. The third-order valence-electron chi connectivity index (χ3n) is 3.82. The quantitative estimate of drug-likeness (QED) is 0.768. The molecule has 0 aromatic heterocycles. The van der Waals surface area contributed by atoms with E-state index in [9.17, 15) is 26.4 Å². The van der Waals surface area contributed by atoms with Crippen molar-refractivity contribution in [2.24, 2.45) is 0 Å². The van der Waals surface area contributed by atoms with Gasteiger partial charge in [-0.25, -0.2) is 8.42 Å². The molecule has 28 heavy (non-hydrogen) atoms. The number of amides is 1. The highest BCUT2D eigenvalue weighted by atomic mass is 35.5. The number of hydrogen-bond donors (Lipinski definition) is 1. The molecule has 0 saturated carbocycles. The summed E-state index contributed by atoms with van der Waals surface area (Å²) in [5, 5.41) is 2.04. The van der Waals surface area contributed by atoms with Crippen molar-refractivity contribution in [2.45, 2.75) is 6.18 Å². The summed E-state index contributed by atoms with van der Waals surface area (Å²) >= 11 is 5.63. The Morgan fingerprint density at radius 1 is 1.18 bits per heavy atom. The molecule has 2 aromatic rings. The molecule has 0 heterocycles. The van der Waals surface area contributed by atoms with Gasteiger partial charge in [-0.2, -0.15) is 13.2 Å². The molecule has 1 amide bonds. The maximum atomic E-state index is 13.2. The Morgan fingerprint density at radius 3 is 2.36 bits per heavy atom. The Morgan fingerprint density at radius 2 is 1.82 bits per heavy atom. The molecule has 0 aliphatic carbocycles. The largest absolute Gasteiger partial charge is 0.496 e. The third-order valence-corrected chi connectivity index (χ3v) is 5.26. The lowest BCUT2D eigenvalue weighted by atomic mass is 10.1. The monoisotopic (exact) mass is 436 g/mol. The molecular formula is C17H16ClF3N2O4S. The second kappa shape index (κ2) is 7.88. The fourth-order valence-electron chi connectivity index (χ4n) is 2.31. The van der Waals surface area contributed by atoms with Gasteiger partial charge < -0.3 is 10.1 Å². The van der Waals surface area contributed by atoms with E-state index in [1.54, 1.807) is 0 Å². The van der Waals surface area contributed by atoms with Gasteiger partial charge >= 0.3 is 6.18 Å². The lowest BCUT2D eigenvalue weighted by Crippen LogP contribution is -2.25. The second-order valence-corrected chi connectivity index (χ2v) is 8.21. The van der Waals surface area contributed by atoms with Gasteiger partial charge in [0, 0.05) is 12.1 Å². The van der Waals surface area contributed by atoms with Crippen molar-refractivity contribution < 1.29 is 31.1 Å².